The summed E-state index contributed by atoms with van der Waals surface area (Å²) in [5, 5.41) is 0. The summed E-state index contributed by atoms with van der Waals surface area (Å²) in [5.74, 6) is 0.261. The van der Waals surface area contributed by atoms with Crippen molar-refractivity contribution < 1.29 is 23.8 Å². The fourth-order valence-electron chi connectivity index (χ4n) is 2.11. The normalized spacial score (nSPS) is 10.5. The second-order valence-electron chi connectivity index (χ2n) is 5.53. The largest absolute Gasteiger partial charge is 0.491 e. The van der Waals surface area contributed by atoms with E-state index >= 15 is 0 Å². The van der Waals surface area contributed by atoms with Crippen LogP contribution in [0.4, 0.5) is 0 Å². The summed E-state index contributed by atoms with van der Waals surface area (Å²) >= 11 is 0. The van der Waals surface area contributed by atoms with Crippen LogP contribution in [0.15, 0.2) is 24.3 Å². The van der Waals surface area contributed by atoms with E-state index in [0.29, 0.717) is 31.9 Å². The molecule has 0 saturated carbocycles. The molecule has 0 radical (unpaired) electrons. The quantitative estimate of drug-likeness (QED) is 0.614. The Kier molecular flexibility index (Phi) is 8.86. The standard InChI is InChI=1S/C18H27NO5/c1-5-23-17(20)10-11-19(12-13-22-4)18(21)15-6-8-16(9-7-15)24-14(2)3/h6-9,14H,5,10-13H2,1-4H3. The van der Waals surface area contributed by atoms with Crippen LogP contribution in [0.3, 0.4) is 0 Å². The Labute approximate surface area is 143 Å². The topological polar surface area (TPSA) is 65.1 Å². The Balaban J connectivity index is 2.73. The summed E-state index contributed by atoms with van der Waals surface area (Å²) in [7, 11) is 1.58. The van der Waals surface area contributed by atoms with Crippen molar-refractivity contribution in [2.45, 2.75) is 33.3 Å². The Morgan fingerprint density at radius 3 is 2.33 bits per heavy atom. The molecule has 0 aliphatic rings. The van der Waals surface area contributed by atoms with E-state index in [1.54, 1.807) is 43.2 Å². The lowest BCUT2D eigenvalue weighted by atomic mass is 10.2. The van der Waals surface area contributed by atoms with Crippen LogP contribution in [0.25, 0.3) is 0 Å². The number of amides is 1. The number of benzene rings is 1. The highest BCUT2D eigenvalue weighted by molar-refractivity contribution is 5.94. The highest BCUT2D eigenvalue weighted by Gasteiger charge is 2.17. The van der Waals surface area contributed by atoms with E-state index in [1.807, 2.05) is 13.8 Å². The molecule has 1 aromatic carbocycles. The number of methoxy groups -OCH3 is 1. The van der Waals surface area contributed by atoms with E-state index in [-0.39, 0.29) is 24.4 Å². The second kappa shape index (κ2) is 10.6. The number of esters is 1. The van der Waals surface area contributed by atoms with E-state index in [4.69, 9.17) is 14.2 Å². The molecule has 6 nitrogen and oxygen atoms in total. The first-order chi connectivity index (χ1) is 11.5. The summed E-state index contributed by atoms with van der Waals surface area (Å²) in [6.07, 6.45) is 0.243. The summed E-state index contributed by atoms with van der Waals surface area (Å²) in [6, 6.07) is 6.99. The number of hydrogen-bond donors (Lipinski definition) is 0. The molecule has 24 heavy (non-hydrogen) atoms. The highest BCUT2D eigenvalue weighted by Crippen LogP contribution is 2.15. The van der Waals surface area contributed by atoms with Crippen LogP contribution in [-0.4, -0.2) is 56.3 Å². The summed E-state index contributed by atoms with van der Waals surface area (Å²) in [4.78, 5) is 25.7. The summed E-state index contributed by atoms with van der Waals surface area (Å²) in [5.41, 5.74) is 0.547. The molecule has 0 saturated heterocycles. The maximum Gasteiger partial charge on any atom is 0.307 e. The van der Waals surface area contributed by atoms with Gasteiger partial charge in [-0.2, -0.15) is 0 Å². The van der Waals surface area contributed by atoms with Gasteiger partial charge in [0.05, 0.1) is 25.7 Å². The lowest BCUT2D eigenvalue weighted by Crippen LogP contribution is -2.35. The van der Waals surface area contributed by atoms with Gasteiger partial charge in [-0.25, -0.2) is 0 Å². The molecule has 134 valence electrons. The summed E-state index contributed by atoms with van der Waals surface area (Å²) < 4.78 is 15.5. The Morgan fingerprint density at radius 1 is 1.12 bits per heavy atom. The lowest BCUT2D eigenvalue weighted by molar-refractivity contribution is -0.143. The smallest absolute Gasteiger partial charge is 0.307 e. The van der Waals surface area contributed by atoms with Crippen LogP contribution in [0, 0.1) is 0 Å². The van der Waals surface area contributed by atoms with E-state index in [1.165, 1.54) is 0 Å². The minimum atomic E-state index is -0.312. The molecule has 0 fully saturated rings. The highest BCUT2D eigenvalue weighted by atomic mass is 16.5. The van der Waals surface area contributed by atoms with Crippen molar-refractivity contribution in [1.82, 2.24) is 4.90 Å². The van der Waals surface area contributed by atoms with Crippen LogP contribution in [0.1, 0.15) is 37.6 Å². The third-order valence-corrected chi connectivity index (χ3v) is 3.22. The molecule has 1 amide bonds. The molecule has 0 atom stereocenters. The molecule has 0 aromatic heterocycles. The first-order valence-electron chi connectivity index (χ1n) is 8.18. The van der Waals surface area contributed by atoms with Crippen molar-refractivity contribution >= 4 is 11.9 Å². The van der Waals surface area contributed by atoms with Gasteiger partial charge in [0.1, 0.15) is 5.75 Å². The fraction of sp³-hybridized carbons (Fsp3) is 0.556. The predicted octanol–water partition coefficient (Wildman–Crippen LogP) is 2.52. The van der Waals surface area contributed by atoms with Crippen molar-refractivity contribution in [3.8, 4) is 5.75 Å². The van der Waals surface area contributed by atoms with Gasteiger partial charge in [-0.3, -0.25) is 9.59 Å². The van der Waals surface area contributed by atoms with E-state index < -0.39 is 0 Å². The molecule has 1 rings (SSSR count). The molecular weight excluding hydrogens is 310 g/mol. The van der Waals surface area contributed by atoms with E-state index in [0.717, 1.165) is 5.75 Å². The fourth-order valence-corrected chi connectivity index (χ4v) is 2.11. The maximum absolute atomic E-state index is 12.6. The molecule has 6 heteroatoms. The Morgan fingerprint density at radius 2 is 1.79 bits per heavy atom. The number of ether oxygens (including phenoxy) is 3. The van der Waals surface area contributed by atoms with Gasteiger partial charge in [0.2, 0.25) is 0 Å². The average molecular weight is 337 g/mol. The molecule has 0 unspecified atom stereocenters. The van der Waals surface area contributed by atoms with Gasteiger partial charge >= 0.3 is 5.97 Å². The van der Waals surface area contributed by atoms with Gasteiger partial charge in [-0.15, -0.1) is 0 Å². The van der Waals surface area contributed by atoms with Gasteiger partial charge in [0, 0.05) is 25.8 Å². The third kappa shape index (κ3) is 7.00. The first kappa shape index (κ1) is 20.0. The molecule has 0 heterocycles. The van der Waals surface area contributed by atoms with Crippen LogP contribution in [0.5, 0.6) is 5.75 Å². The number of hydrogen-bond acceptors (Lipinski definition) is 5. The molecule has 0 bridgehead atoms. The third-order valence-electron chi connectivity index (χ3n) is 3.22. The number of carbonyl (C=O) groups excluding carboxylic acids is 2. The minimum Gasteiger partial charge on any atom is -0.491 e. The SMILES string of the molecule is CCOC(=O)CCN(CCOC)C(=O)c1ccc(OC(C)C)cc1. The van der Waals surface area contributed by atoms with E-state index in [9.17, 15) is 9.59 Å². The molecular formula is C18H27NO5. The molecule has 0 spiro atoms. The number of rotatable bonds is 10. The van der Waals surface area contributed by atoms with Crippen molar-refractivity contribution in [2.24, 2.45) is 0 Å². The molecule has 1 aromatic rings. The number of carbonyl (C=O) groups is 2. The number of nitrogens with zero attached hydrogens (tertiary/aromatic N) is 1. The van der Waals surface area contributed by atoms with E-state index in [2.05, 4.69) is 0 Å². The van der Waals surface area contributed by atoms with Crippen LogP contribution < -0.4 is 4.74 Å². The molecule has 0 N–H and O–H groups in total. The summed E-state index contributed by atoms with van der Waals surface area (Å²) in [6.45, 7) is 7.10. The zero-order valence-electron chi connectivity index (χ0n) is 14.9. The van der Waals surface area contributed by atoms with Gasteiger partial charge in [0.15, 0.2) is 0 Å². The van der Waals surface area contributed by atoms with Gasteiger partial charge in [-0.1, -0.05) is 0 Å². The van der Waals surface area contributed by atoms with Crippen LogP contribution >= 0.6 is 0 Å². The zero-order chi connectivity index (χ0) is 17.9. The van der Waals surface area contributed by atoms with Gasteiger partial charge < -0.3 is 19.1 Å². The monoisotopic (exact) mass is 337 g/mol. The zero-order valence-corrected chi connectivity index (χ0v) is 14.9. The molecule has 0 aliphatic carbocycles. The Bertz CT molecular complexity index is 513. The van der Waals surface area contributed by atoms with Crippen molar-refractivity contribution in [3.63, 3.8) is 0 Å². The lowest BCUT2D eigenvalue weighted by Gasteiger charge is -2.22. The van der Waals surface area contributed by atoms with Crippen LogP contribution in [-0.2, 0) is 14.3 Å². The first-order valence-corrected chi connectivity index (χ1v) is 8.18. The van der Waals surface area contributed by atoms with Crippen molar-refractivity contribution in [2.75, 3.05) is 33.4 Å². The van der Waals surface area contributed by atoms with Crippen molar-refractivity contribution in [3.05, 3.63) is 29.8 Å². The predicted molar refractivity (Wildman–Crippen MR) is 91.2 cm³/mol. The second-order valence-corrected chi connectivity index (χ2v) is 5.53. The minimum absolute atomic E-state index is 0.0781. The van der Waals surface area contributed by atoms with Crippen molar-refractivity contribution in [1.29, 1.82) is 0 Å². The van der Waals surface area contributed by atoms with Gasteiger partial charge in [0.25, 0.3) is 5.91 Å². The van der Waals surface area contributed by atoms with Gasteiger partial charge in [-0.05, 0) is 45.0 Å². The average Bonchev–Trinajstić information content (AvgIpc) is 2.55. The maximum atomic E-state index is 12.6. The Hall–Kier alpha value is -2.08. The van der Waals surface area contributed by atoms with Crippen LogP contribution in [0.2, 0.25) is 0 Å². The molecule has 0 aliphatic heterocycles.